The van der Waals surface area contributed by atoms with Gasteiger partial charge in [0.1, 0.15) is 5.75 Å². The van der Waals surface area contributed by atoms with E-state index in [1.165, 1.54) is 0 Å². The molecule has 0 fully saturated rings. The van der Waals surface area contributed by atoms with Gasteiger partial charge in [-0.3, -0.25) is 4.79 Å². The maximum absolute atomic E-state index is 12.1. The highest BCUT2D eigenvalue weighted by molar-refractivity contribution is 6.08. The Hall–Kier alpha value is -2.55. The molecule has 0 aliphatic carbocycles. The smallest absolute Gasteiger partial charge is 0.202 e. The second-order valence-corrected chi connectivity index (χ2v) is 4.27. The number of Topliss-reactive ketones (excluding diaryl/α,β-unsaturated/α-hetero) is 1. The number of ether oxygens (including phenoxy) is 1. The van der Waals surface area contributed by atoms with Crippen LogP contribution >= 0.6 is 0 Å². The Morgan fingerprint density at radius 1 is 1.00 bits per heavy atom. The summed E-state index contributed by atoms with van der Waals surface area (Å²) in [4.78, 5) is 15.2. The van der Waals surface area contributed by atoms with E-state index >= 15 is 0 Å². The molecule has 1 aromatic heterocycles. The van der Waals surface area contributed by atoms with Crippen molar-refractivity contribution in [3.8, 4) is 5.75 Å². The van der Waals surface area contributed by atoms with Crippen LogP contribution in [0, 0.1) is 0 Å². The van der Waals surface area contributed by atoms with Gasteiger partial charge in [0, 0.05) is 22.7 Å². The molecule has 0 aliphatic heterocycles. The predicted octanol–water partition coefficient (Wildman–Crippen LogP) is 3.43. The molecule has 0 spiro atoms. The fourth-order valence-electron chi connectivity index (χ4n) is 2.05. The van der Waals surface area contributed by atoms with Crippen LogP contribution in [0.5, 0.6) is 5.75 Å². The molecule has 3 heteroatoms. The monoisotopic (exact) mass is 251 g/mol. The van der Waals surface area contributed by atoms with Crippen molar-refractivity contribution < 1.29 is 9.53 Å². The zero-order chi connectivity index (χ0) is 13.1. The highest BCUT2D eigenvalue weighted by Gasteiger charge is 2.12. The summed E-state index contributed by atoms with van der Waals surface area (Å²) >= 11 is 0. The van der Waals surface area contributed by atoms with Crippen molar-refractivity contribution in [2.75, 3.05) is 6.61 Å². The zero-order valence-corrected chi connectivity index (χ0v) is 10.3. The van der Waals surface area contributed by atoms with E-state index in [9.17, 15) is 4.79 Å². The van der Waals surface area contributed by atoms with Crippen molar-refractivity contribution in [3.05, 3.63) is 66.4 Å². The molecule has 3 aromatic rings. The summed E-state index contributed by atoms with van der Waals surface area (Å²) in [7, 11) is 0. The van der Waals surface area contributed by atoms with Gasteiger partial charge in [0.05, 0.1) is 0 Å². The van der Waals surface area contributed by atoms with Gasteiger partial charge in [-0.05, 0) is 18.2 Å². The SMILES string of the molecule is O=C(COc1ccccc1)c1c[nH]c2ccccc12. The normalized spacial score (nSPS) is 10.5. The summed E-state index contributed by atoms with van der Waals surface area (Å²) in [5.41, 5.74) is 1.64. The number of fused-ring (bicyclic) bond motifs is 1. The molecule has 0 aliphatic rings. The number of nitrogens with one attached hydrogen (secondary N) is 1. The van der Waals surface area contributed by atoms with Crippen molar-refractivity contribution in [3.63, 3.8) is 0 Å². The predicted molar refractivity (Wildman–Crippen MR) is 74.6 cm³/mol. The highest BCUT2D eigenvalue weighted by atomic mass is 16.5. The molecular weight excluding hydrogens is 238 g/mol. The zero-order valence-electron chi connectivity index (χ0n) is 10.3. The number of aromatic amines is 1. The molecule has 19 heavy (non-hydrogen) atoms. The van der Waals surface area contributed by atoms with Crippen LogP contribution in [0.2, 0.25) is 0 Å². The summed E-state index contributed by atoms with van der Waals surface area (Å²) in [6.07, 6.45) is 1.74. The standard InChI is InChI=1S/C16H13NO2/c18-16(11-19-12-6-2-1-3-7-12)14-10-17-15-9-5-4-8-13(14)15/h1-10,17H,11H2. The topological polar surface area (TPSA) is 42.1 Å². The van der Waals surface area contributed by atoms with Gasteiger partial charge in [0.2, 0.25) is 5.78 Å². The highest BCUT2D eigenvalue weighted by Crippen LogP contribution is 2.18. The largest absolute Gasteiger partial charge is 0.485 e. The maximum atomic E-state index is 12.1. The van der Waals surface area contributed by atoms with Gasteiger partial charge in [-0.2, -0.15) is 0 Å². The number of ketones is 1. The van der Waals surface area contributed by atoms with Gasteiger partial charge in [-0.1, -0.05) is 36.4 Å². The lowest BCUT2D eigenvalue weighted by Gasteiger charge is -2.04. The number of H-pyrrole nitrogens is 1. The van der Waals surface area contributed by atoms with Crippen molar-refractivity contribution in [1.29, 1.82) is 0 Å². The van der Waals surface area contributed by atoms with Crippen molar-refractivity contribution in [1.82, 2.24) is 4.98 Å². The van der Waals surface area contributed by atoms with Crippen LogP contribution in [-0.4, -0.2) is 17.4 Å². The number of carbonyl (C=O) groups is 1. The Bertz CT molecular complexity index is 701. The third-order valence-electron chi connectivity index (χ3n) is 3.00. The summed E-state index contributed by atoms with van der Waals surface area (Å²) in [6, 6.07) is 17.1. The van der Waals surface area contributed by atoms with E-state index in [1.54, 1.807) is 6.20 Å². The summed E-state index contributed by atoms with van der Waals surface area (Å²) in [5.74, 6) is 0.678. The van der Waals surface area contributed by atoms with Gasteiger partial charge in [-0.25, -0.2) is 0 Å². The number of hydrogen-bond acceptors (Lipinski definition) is 2. The van der Waals surface area contributed by atoms with Gasteiger partial charge >= 0.3 is 0 Å². The lowest BCUT2D eigenvalue weighted by Crippen LogP contribution is -2.11. The van der Waals surface area contributed by atoms with E-state index < -0.39 is 0 Å². The van der Waals surface area contributed by atoms with E-state index in [1.807, 2.05) is 54.6 Å². The van der Waals surface area contributed by atoms with E-state index in [0.717, 1.165) is 10.9 Å². The molecule has 0 bridgehead atoms. The van der Waals surface area contributed by atoms with Crippen LogP contribution in [0.3, 0.4) is 0 Å². The Labute approximate surface area is 110 Å². The van der Waals surface area contributed by atoms with Crippen molar-refractivity contribution in [2.45, 2.75) is 0 Å². The third kappa shape index (κ3) is 2.36. The molecule has 0 amide bonds. The number of carbonyl (C=O) groups excluding carboxylic acids is 1. The van der Waals surface area contributed by atoms with E-state index in [4.69, 9.17) is 4.74 Å². The minimum absolute atomic E-state index is 0.0266. The minimum Gasteiger partial charge on any atom is -0.485 e. The molecule has 1 N–H and O–H groups in total. The van der Waals surface area contributed by atoms with Crippen LogP contribution in [0.1, 0.15) is 10.4 Å². The van der Waals surface area contributed by atoms with Gasteiger partial charge < -0.3 is 9.72 Å². The first-order valence-electron chi connectivity index (χ1n) is 6.12. The first-order chi connectivity index (χ1) is 9.34. The second kappa shape index (κ2) is 4.98. The number of benzene rings is 2. The summed E-state index contributed by atoms with van der Waals surface area (Å²) in [6.45, 7) is 0.0475. The molecule has 0 unspecified atom stereocenters. The molecule has 1 heterocycles. The fraction of sp³-hybridized carbons (Fsp3) is 0.0625. The first kappa shape index (κ1) is 11.5. The van der Waals surface area contributed by atoms with Gasteiger partial charge in [-0.15, -0.1) is 0 Å². The van der Waals surface area contributed by atoms with Gasteiger partial charge in [0.25, 0.3) is 0 Å². The third-order valence-corrected chi connectivity index (χ3v) is 3.00. The Morgan fingerprint density at radius 3 is 2.58 bits per heavy atom. The van der Waals surface area contributed by atoms with Crippen molar-refractivity contribution in [2.24, 2.45) is 0 Å². The quantitative estimate of drug-likeness (QED) is 0.722. The van der Waals surface area contributed by atoms with Crippen LogP contribution in [0.25, 0.3) is 10.9 Å². The van der Waals surface area contributed by atoms with E-state index in [0.29, 0.717) is 11.3 Å². The number of aromatic nitrogens is 1. The Balaban J connectivity index is 1.77. The van der Waals surface area contributed by atoms with Crippen LogP contribution in [-0.2, 0) is 0 Å². The average molecular weight is 251 g/mol. The van der Waals surface area contributed by atoms with Crippen LogP contribution in [0.4, 0.5) is 0 Å². The number of hydrogen-bond donors (Lipinski definition) is 1. The fourth-order valence-corrected chi connectivity index (χ4v) is 2.05. The maximum Gasteiger partial charge on any atom is 0.202 e. The Kier molecular flexibility index (Phi) is 3.02. The summed E-state index contributed by atoms with van der Waals surface area (Å²) < 4.78 is 5.48. The molecule has 0 atom stereocenters. The minimum atomic E-state index is -0.0266. The molecule has 0 radical (unpaired) electrons. The van der Waals surface area contributed by atoms with E-state index in [2.05, 4.69) is 4.98 Å². The number of para-hydroxylation sites is 2. The molecule has 3 nitrogen and oxygen atoms in total. The lowest BCUT2D eigenvalue weighted by atomic mass is 10.1. The van der Waals surface area contributed by atoms with Gasteiger partial charge in [0.15, 0.2) is 6.61 Å². The van der Waals surface area contributed by atoms with E-state index in [-0.39, 0.29) is 12.4 Å². The number of rotatable bonds is 4. The molecule has 3 rings (SSSR count). The molecule has 0 saturated heterocycles. The molecule has 2 aromatic carbocycles. The Morgan fingerprint density at radius 2 is 1.74 bits per heavy atom. The first-order valence-corrected chi connectivity index (χ1v) is 6.12. The molecule has 94 valence electrons. The van der Waals surface area contributed by atoms with Crippen molar-refractivity contribution >= 4 is 16.7 Å². The second-order valence-electron chi connectivity index (χ2n) is 4.27. The summed E-state index contributed by atoms with van der Waals surface area (Å²) in [5, 5.41) is 0.934. The molecular formula is C16H13NO2. The van der Waals surface area contributed by atoms with Crippen LogP contribution < -0.4 is 4.74 Å². The lowest BCUT2D eigenvalue weighted by molar-refractivity contribution is 0.0923. The van der Waals surface area contributed by atoms with Crippen LogP contribution in [0.15, 0.2) is 60.8 Å². The average Bonchev–Trinajstić information content (AvgIpc) is 2.90. The molecule has 0 saturated carbocycles.